The highest BCUT2D eigenvalue weighted by molar-refractivity contribution is 7.10. The Morgan fingerprint density at radius 1 is 1.43 bits per heavy atom. The second-order valence-electron chi connectivity index (χ2n) is 4.81. The lowest BCUT2D eigenvalue weighted by molar-refractivity contribution is -0.122. The van der Waals surface area contributed by atoms with Crippen LogP contribution >= 0.6 is 11.3 Å². The zero-order valence-electron chi connectivity index (χ0n) is 12.1. The Morgan fingerprint density at radius 3 is 2.86 bits per heavy atom. The quantitative estimate of drug-likeness (QED) is 0.887. The van der Waals surface area contributed by atoms with E-state index in [0.717, 1.165) is 10.4 Å². The number of halogens is 1. The third-order valence-electron chi connectivity index (χ3n) is 3.25. The average Bonchev–Trinajstić information content (AvgIpc) is 3.01. The number of carbonyl (C=O) groups excluding carboxylic acids is 1. The Balaban J connectivity index is 1.93. The Kier molecular flexibility index (Phi) is 5.47. The van der Waals surface area contributed by atoms with Gasteiger partial charge in [-0.2, -0.15) is 0 Å². The molecule has 0 fully saturated rings. The van der Waals surface area contributed by atoms with E-state index in [1.54, 1.807) is 23.5 Å². The van der Waals surface area contributed by atoms with Crippen molar-refractivity contribution in [3.63, 3.8) is 0 Å². The molecule has 0 spiro atoms. The minimum absolute atomic E-state index is 0.0566. The van der Waals surface area contributed by atoms with E-state index in [0.29, 0.717) is 12.1 Å². The summed E-state index contributed by atoms with van der Waals surface area (Å²) in [4.78, 5) is 13.1. The molecule has 1 heterocycles. The molecular formula is C16H18FNO2S. The van der Waals surface area contributed by atoms with Crippen LogP contribution in [0, 0.1) is 5.82 Å². The van der Waals surface area contributed by atoms with Crippen molar-refractivity contribution in [2.75, 3.05) is 7.11 Å². The molecule has 2 rings (SSSR count). The molecule has 1 aromatic carbocycles. The maximum absolute atomic E-state index is 13.8. The number of ether oxygens (including phenoxy) is 1. The monoisotopic (exact) mass is 307 g/mol. The van der Waals surface area contributed by atoms with Gasteiger partial charge in [-0.25, -0.2) is 4.39 Å². The summed E-state index contributed by atoms with van der Waals surface area (Å²) in [7, 11) is 1.53. The molecular weight excluding hydrogens is 289 g/mol. The van der Waals surface area contributed by atoms with Crippen LogP contribution in [0.3, 0.4) is 0 Å². The summed E-state index contributed by atoms with van der Waals surface area (Å²) in [6.45, 7) is 2.43. The van der Waals surface area contributed by atoms with Gasteiger partial charge in [-0.05, 0) is 30.0 Å². The first kappa shape index (κ1) is 15.7. The highest BCUT2D eigenvalue weighted by Gasteiger charge is 2.15. The zero-order chi connectivity index (χ0) is 15.2. The van der Waals surface area contributed by atoms with Crippen molar-refractivity contribution in [1.29, 1.82) is 0 Å². The first-order valence-corrected chi connectivity index (χ1v) is 7.57. The third kappa shape index (κ3) is 4.12. The van der Waals surface area contributed by atoms with Crippen molar-refractivity contribution >= 4 is 17.2 Å². The molecule has 0 radical (unpaired) electrons. The number of methoxy groups -OCH3 is 1. The predicted octanol–water partition coefficient (Wildman–Crippen LogP) is 3.45. The summed E-state index contributed by atoms with van der Waals surface area (Å²) in [6, 6.07) is 8.78. The van der Waals surface area contributed by atoms with Crippen LogP contribution in [-0.2, 0) is 22.7 Å². The highest BCUT2D eigenvalue weighted by atomic mass is 32.1. The standard InChI is InChI=1S/C16H18FNO2S/c1-11(15-4-3-7-21-15)16(19)18-9-12-5-6-13(10-20-2)14(17)8-12/h3-8,11H,9-10H2,1-2H3,(H,18,19). The SMILES string of the molecule is COCc1ccc(CNC(=O)C(C)c2cccs2)cc1F. The van der Waals surface area contributed by atoms with Crippen LogP contribution in [0.5, 0.6) is 0 Å². The molecule has 2 aromatic rings. The largest absolute Gasteiger partial charge is 0.380 e. The summed E-state index contributed by atoms with van der Waals surface area (Å²) >= 11 is 1.56. The van der Waals surface area contributed by atoms with Crippen LogP contribution in [0.1, 0.15) is 28.8 Å². The number of nitrogens with one attached hydrogen (secondary N) is 1. The molecule has 1 unspecified atom stereocenters. The number of hydrogen-bond acceptors (Lipinski definition) is 3. The van der Waals surface area contributed by atoms with Crippen LogP contribution in [0.25, 0.3) is 0 Å². The van der Waals surface area contributed by atoms with Crippen LogP contribution < -0.4 is 5.32 Å². The fraction of sp³-hybridized carbons (Fsp3) is 0.312. The molecule has 1 atom stereocenters. The Labute approximate surface area is 127 Å². The molecule has 5 heteroatoms. The van der Waals surface area contributed by atoms with Crippen molar-refractivity contribution in [2.45, 2.75) is 26.0 Å². The van der Waals surface area contributed by atoms with Gasteiger partial charge >= 0.3 is 0 Å². The van der Waals surface area contributed by atoms with Gasteiger partial charge in [0.15, 0.2) is 0 Å². The van der Waals surface area contributed by atoms with E-state index in [9.17, 15) is 9.18 Å². The van der Waals surface area contributed by atoms with Gasteiger partial charge in [-0.15, -0.1) is 11.3 Å². The number of carbonyl (C=O) groups is 1. The maximum Gasteiger partial charge on any atom is 0.228 e. The molecule has 0 bridgehead atoms. The molecule has 1 aromatic heterocycles. The molecule has 21 heavy (non-hydrogen) atoms. The predicted molar refractivity (Wildman–Crippen MR) is 81.7 cm³/mol. The summed E-state index contributed by atoms with van der Waals surface area (Å²) in [5.41, 5.74) is 1.25. The molecule has 0 saturated heterocycles. The number of thiophene rings is 1. The Bertz CT molecular complexity index is 598. The van der Waals surface area contributed by atoms with E-state index in [4.69, 9.17) is 4.74 Å². The van der Waals surface area contributed by atoms with Gasteiger partial charge in [-0.1, -0.05) is 18.2 Å². The molecule has 1 amide bonds. The molecule has 0 aliphatic rings. The van der Waals surface area contributed by atoms with Crippen molar-refractivity contribution < 1.29 is 13.9 Å². The summed E-state index contributed by atoms with van der Waals surface area (Å²) in [6.07, 6.45) is 0. The highest BCUT2D eigenvalue weighted by Crippen LogP contribution is 2.20. The van der Waals surface area contributed by atoms with Crippen molar-refractivity contribution in [3.05, 3.63) is 57.5 Å². The second kappa shape index (κ2) is 7.33. The first-order valence-electron chi connectivity index (χ1n) is 6.69. The number of amides is 1. The van der Waals surface area contributed by atoms with Crippen LogP contribution in [-0.4, -0.2) is 13.0 Å². The topological polar surface area (TPSA) is 38.3 Å². The molecule has 0 aliphatic carbocycles. The van der Waals surface area contributed by atoms with Gasteiger partial charge in [0.25, 0.3) is 0 Å². The smallest absolute Gasteiger partial charge is 0.228 e. The van der Waals surface area contributed by atoms with Gasteiger partial charge in [0.2, 0.25) is 5.91 Å². The van der Waals surface area contributed by atoms with E-state index in [-0.39, 0.29) is 24.2 Å². The van der Waals surface area contributed by atoms with Crippen LogP contribution in [0.2, 0.25) is 0 Å². The van der Waals surface area contributed by atoms with Crippen LogP contribution in [0.15, 0.2) is 35.7 Å². The Morgan fingerprint density at radius 2 is 2.24 bits per heavy atom. The van der Waals surface area contributed by atoms with Gasteiger partial charge in [0, 0.05) is 24.1 Å². The van der Waals surface area contributed by atoms with Crippen LogP contribution in [0.4, 0.5) is 4.39 Å². The van der Waals surface area contributed by atoms with Gasteiger partial charge < -0.3 is 10.1 Å². The summed E-state index contributed by atoms with van der Waals surface area (Å²) in [5.74, 6) is -0.559. The maximum atomic E-state index is 13.8. The third-order valence-corrected chi connectivity index (χ3v) is 4.30. The van der Waals surface area contributed by atoms with E-state index in [1.165, 1.54) is 13.2 Å². The second-order valence-corrected chi connectivity index (χ2v) is 5.79. The molecule has 0 saturated carbocycles. The van der Waals surface area contributed by atoms with E-state index in [1.807, 2.05) is 24.4 Å². The van der Waals surface area contributed by atoms with Crippen molar-refractivity contribution in [1.82, 2.24) is 5.32 Å². The first-order chi connectivity index (χ1) is 10.1. The van der Waals surface area contributed by atoms with E-state index >= 15 is 0 Å². The normalized spacial score (nSPS) is 12.1. The van der Waals surface area contributed by atoms with Gasteiger partial charge in [-0.3, -0.25) is 4.79 Å². The summed E-state index contributed by atoms with van der Waals surface area (Å²) in [5, 5.41) is 4.78. The lowest BCUT2D eigenvalue weighted by atomic mass is 10.1. The Hall–Kier alpha value is -1.72. The lowest BCUT2D eigenvalue weighted by Crippen LogP contribution is -2.27. The molecule has 1 N–H and O–H groups in total. The van der Waals surface area contributed by atoms with Crippen molar-refractivity contribution in [2.24, 2.45) is 0 Å². The molecule has 3 nitrogen and oxygen atoms in total. The minimum atomic E-state index is -0.310. The fourth-order valence-electron chi connectivity index (χ4n) is 1.98. The fourth-order valence-corrected chi connectivity index (χ4v) is 2.77. The number of hydrogen-bond donors (Lipinski definition) is 1. The zero-order valence-corrected chi connectivity index (χ0v) is 12.9. The minimum Gasteiger partial charge on any atom is -0.380 e. The van der Waals surface area contributed by atoms with E-state index in [2.05, 4.69) is 5.32 Å². The number of benzene rings is 1. The lowest BCUT2D eigenvalue weighted by Gasteiger charge is -2.11. The van der Waals surface area contributed by atoms with Gasteiger partial charge in [0.05, 0.1) is 12.5 Å². The average molecular weight is 307 g/mol. The van der Waals surface area contributed by atoms with Gasteiger partial charge in [0.1, 0.15) is 5.82 Å². The number of rotatable bonds is 6. The van der Waals surface area contributed by atoms with E-state index < -0.39 is 0 Å². The molecule has 0 aliphatic heterocycles. The summed E-state index contributed by atoms with van der Waals surface area (Å²) < 4.78 is 18.7. The molecule has 112 valence electrons. The van der Waals surface area contributed by atoms with Crippen molar-refractivity contribution in [3.8, 4) is 0 Å².